The van der Waals surface area contributed by atoms with Crippen molar-refractivity contribution in [3.8, 4) is 0 Å². The summed E-state index contributed by atoms with van der Waals surface area (Å²) < 4.78 is 5.33. The van der Waals surface area contributed by atoms with Gasteiger partial charge in [-0.1, -0.05) is 6.92 Å². The average Bonchev–Trinajstić information content (AvgIpc) is 2.86. The molecule has 1 aliphatic heterocycles. The molecule has 19 heavy (non-hydrogen) atoms. The molecule has 0 aliphatic carbocycles. The van der Waals surface area contributed by atoms with Crippen LogP contribution in [0.3, 0.4) is 0 Å². The third-order valence-corrected chi connectivity index (χ3v) is 3.51. The van der Waals surface area contributed by atoms with E-state index in [9.17, 15) is 9.59 Å². The molecule has 0 bridgehead atoms. The number of carboxylic acids is 1. The van der Waals surface area contributed by atoms with Crippen LogP contribution in [0.1, 0.15) is 42.3 Å². The van der Waals surface area contributed by atoms with Gasteiger partial charge >= 0.3 is 5.97 Å². The predicted molar refractivity (Wildman–Crippen MR) is 69.0 cm³/mol. The van der Waals surface area contributed by atoms with Gasteiger partial charge in [0.05, 0.1) is 17.7 Å². The highest BCUT2D eigenvalue weighted by Crippen LogP contribution is 2.21. The van der Waals surface area contributed by atoms with Crippen LogP contribution in [-0.4, -0.2) is 35.0 Å². The van der Waals surface area contributed by atoms with E-state index in [1.54, 1.807) is 11.0 Å². The minimum atomic E-state index is -0.821. The molecule has 1 aromatic rings. The second-order valence-corrected chi connectivity index (χ2v) is 4.94. The molecule has 1 unspecified atom stereocenters. The maximum Gasteiger partial charge on any atom is 0.308 e. The van der Waals surface area contributed by atoms with Gasteiger partial charge in [0.25, 0.3) is 5.91 Å². The molecule has 1 fully saturated rings. The van der Waals surface area contributed by atoms with Crippen molar-refractivity contribution in [3.63, 3.8) is 0 Å². The smallest absolute Gasteiger partial charge is 0.308 e. The summed E-state index contributed by atoms with van der Waals surface area (Å²) in [6.07, 6.45) is 4.54. The van der Waals surface area contributed by atoms with Gasteiger partial charge < -0.3 is 14.4 Å². The normalized spacial score (nSPS) is 19.4. The number of hydrogen-bond acceptors (Lipinski definition) is 3. The van der Waals surface area contributed by atoms with Gasteiger partial charge in [0.15, 0.2) is 0 Å². The molecule has 1 aliphatic rings. The van der Waals surface area contributed by atoms with E-state index in [1.165, 1.54) is 6.26 Å². The van der Waals surface area contributed by atoms with Crippen molar-refractivity contribution in [1.29, 1.82) is 0 Å². The van der Waals surface area contributed by atoms with Crippen LogP contribution in [0.4, 0.5) is 0 Å². The molecular formula is C14H19NO4. The SMILES string of the molecule is CCCc1occc1C(=O)N1CCCC(C(=O)O)C1. The number of carbonyl (C=O) groups is 2. The molecule has 0 radical (unpaired) electrons. The van der Waals surface area contributed by atoms with Gasteiger partial charge in [-0.05, 0) is 25.3 Å². The van der Waals surface area contributed by atoms with Gasteiger partial charge in [-0.3, -0.25) is 9.59 Å². The van der Waals surface area contributed by atoms with Gasteiger partial charge in [-0.15, -0.1) is 0 Å². The van der Waals surface area contributed by atoms with Crippen molar-refractivity contribution < 1.29 is 19.1 Å². The Morgan fingerprint density at radius 1 is 1.53 bits per heavy atom. The molecule has 1 atom stereocenters. The van der Waals surface area contributed by atoms with Crippen LogP contribution in [0, 0.1) is 5.92 Å². The average molecular weight is 265 g/mol. The molecule has 1 amide bonds. The Balaban J connectivity index is 2.10. The monoisotopic (exact) mass is 265 g/mol. The van der Waals surface area contributed by atoms with Crippen LogP contribution in [-0.2, 0) is 11.2 Å². The van der Waals surface area contributed by atoms with Crippen molar-refractivity contribution in [1.82, 2.24) is 4.90 Å². The van der Waals surface area contributed by atoms with E-state index >= 15 is 0 Å². The summed E-state index contributed by atoms with van der Waals surface area (Å²) >= 11 is 0. The predicted octanol–water partition coefficient (Wildman–Crippen LogP) is 2.17. The van der Waals surface area contributed by atoms with Crippen LogP contribution in [0.5, 0.6) is 0 Å². The van der Waals surface area contributed by atoms with Crippen LogP contribution < -0.4 is 0 Å². The van der Waals surface area contributed by atoms with E-state index in [0.717, 1.165) is 19.3 Å². The molecule has 5 nitrogen and oxygen atoms in total. The van der Waals surface area contributed by atoms with Crippen LogP contribution in [0.25, 0.3) is 0 Å². The second kappa shape index (κ2) is 5.91. The van der Waals surface area contributed by atoms with Gasteiger partial charge in [-0.2, -0.15) is 0 Å². The van der Waals surface area contributed by atoms with Gasteiger partial charge in [0, 0.05) is 19.5 Å². The van der Waals surface area contributed by atoms with E-state index in [1.807, 2.05) is 6.92 Å². The number of nitrogens with zero attached hydrogens (tertiary/aromatic N) is 1. The fraction of sp³-hybridized carbons (Fsp3) is 0.571. The fourth-order valence-corrected chi connectivity index (χ4v) is 2.49. The Bertz CT molecular complexity index is 466. The van der Waals surface area contributed by atoms with Crippen molar-refractivity contribution in [3.05, 3.63) is 23.7 Å². The molecule has 1 saturated heterocycles. The summed E-state index contributed by atoms with van der Waals surface area (Å²) in [6.45, 7) is 2.95. The molecule has 5 heteroatoms. The molecular weight excluding hydrogens is 246 g/mol. The first kappa shape index (κ1) is 13.6. The van der Waals surface area contributed by atoms with Crippen molar-refractivity contribution in [2.24, 2.45) is 5.92 Å². The van der Waals surface area contributed by atoms with Gasteiger partial charge in [0.1, 0.15) is 5.76 Å². The number of rotatable bonds is 4. The number of aryl methyl sites for hydroxylation is 1. The Morgan fingerprint density at radius 2 is 2.32 bits per heavy atom. The summed E-state index contributed by atoms with van der Waals surface area (Å²) in [7, 11) is 0. The van der Waals surface area contributed by atoms with Crippen molar-refractivity contribution >= 4 is 11.9 Å². The molecule has 0 spiro atoms. The number of piperidine rings is 1. The number of carbonyl (C=O) groups excluding carboxylic acids is 1. The highest BCUT2D eigenvalue weighted by atomic mass is 16.4. The molecule has 1 N–H and O–H groups in total. The molecule has 104 valence electrons. The lowest BCUT2D eigenvalue weighted by atomic mass is 9.97. The zero-order chi connectivity index (χ0) is 13.8. The zero-order valence-electron chi connectivity index (χ0n) is 11.1. The zero-order valence-corrected chi connectivity index (χ0v) is 11.1. The second-order valence-electron chi connectivity index (χ2n) is 4.94. The molecule has 1 aromatic heterocycles. The molecule has 0 saturated carbocycles. The Kier molecular flexibility index (Phi) is 4.24. The van der Waals surface area contributed by atoms with Crippen LogP contribution in [0.15, 0.2) is 16.7 Å². The number of amides is 1. The summed E-state index contributed by atoms with van der Waals surface area (Å²) in [5, 5.41) is 9.05. The number of furan rings is 1. The standard InChI is InChI=1S/C14H19NO4/c1-2-4-12-11(6-8-19-12)13(16)15-7-3-5-10(9-15)14(17)18/h6,8,10H,2-5,7,9H2,1H3,(H,17,18). The first-order valence-electron chi connectivity index (χ1n) is 6.72. The third-order valence-electron chi connectivity index (χ3n) is 3.51. The largest absolute Gasteiger partial charge is 0.481 e. The highest BCUT2D eigenvalue weighted by Gasteiger charge is 2.29. The Morgan fingerprint density at radius 3 is 3.00 bits per heavy atom. The van der Waals surface area contributed by atoms with E-state index in [-0.39, 0.29) is 5.91 Å². The van der Waals surface area contributed by atoms with E-state index in [0.29, 0.717) is 30.8 Å². The van der Waals surface area contributed by atoms with Gasteiger partial charge in [0.2, 0.25) is 0 Å². The topological polar surface area (TPSA) is 70.8 Å². The number of likely N-dealkylation sites (tertiary alicyclic amines) is 1. The fourth-order valence-electron chi connectivity index (χ4n) is 2.49. The summed E-state index contributed by atoms with van der Waals surface area (Å²) in [5.41, 5.74) is 0.577. The van der Waals surface area contributed by atoms with Crippen LogP contribution in [0.2, 0.25) is 0 Å². The molecule has 2 rings (SSSR count). The minimum Gasteiger partial charge on any atom is -0.481 e. The summed E-state index contributed by atoms with van der Waals surface area (Å²) in [4.78, 5) is 25.1. The maximum atomic E-state index is 12.4. The highest BCUT2D eigenvalue weighted by molar-refractivity contribution is 5.95. The van der Waals surface area contributed by atoms with E-state index < -0.39 is 11.9 Å². The Labute approximate surface area is 112 Å². The summed E-state index contributed by atoms with van der Waals surface area (Å²) in [6, 6.07) is 1.68. The number of hydrogen-bond donors (Lipinski definition) is 1. The Hall–Kier alpha value is -1.78. The van der Waals surface area contributed by atoms with E-state index in [4.69, 9.17) is 9.52 Å². The lowest BCUT2D eigenvalue weighted by molar-refractivity contribution is -0.143. The van der Waals surface area contributed by atoms with Crippen molar-refractivity contribution in [2.75, 3.05) is 13.1 Å². The summed E-state index contributed by atoms with van der Waals surface area (Å²) in [5.74, 6) is -0.675. The number of carboxylic acid groups (broad SMARTS) is 1. The minimum absolute atomic E-state index is 0.108. The third kappa shape index (κ3) is 2.97. The first-order chi connectivity index (χ1) is 9.13. The van der Waals surface area contributed by atoms with Crippen molar-refractivity contribution in [2.45, 2.75) is 32.6 Å². The lowest BCUT2D eigenvalue weighted by Crippen LogP contribution is -2.42. The van der Waals surface area contributed by atoms with Gasteiger partial charge in [-0.25, -0.2) is 0 Å². The number of aliphatic carboxylic acids is 1. The lowest BCUT2D eigenvalue weighted by Gasteiger charge is -2.30. The van der Waals surface area contributed by atoms with Crippen LogP contribution >= 0.6 is 0 Å². The quantitative estimate of drug-likeness (QED) is 0.905. The van der Waals surface area contributed by atoms with E-state index in [2.05, 4.69) is 0 Å². The molecule has 2 heterocycles. The first-order valence-corrected chi connectivity index (χ1v) is 6.72. The maximum absolute atomic E-state index is 12.4. The molecule has 0 aromatic carbocycles.